The van der Waals surface area contributed by atoms with Crippen LogP contribution in [0.1, 0.15) is 50.6 Å². The first-order valence-corrected chi connectivity index (χ1v) is 10.6. The van der Waals surface area contributed by atoms with Crippen molar-refractivity contribution in [2.24, 2.45) is 0 Å². The third-order valence-corrected chi connectivity index (χ3v) is 5.12. The highest BCUT2D eigenvalue weighted by Gasteiger charge is 2.14. The zero-order valence-electron chi connectivity index (χ0n) is 18.0. The summed E-state index contributed by atoms with van der Waals surface area (Å²) in [6.07, 6.45) is 5.11. The van der Waals surface area contributed by atoms with Crippen LogP contribution >= 0.6 is 0 Å². The van der Waals surface area contributed by atoms with E-state index in [2.05, 4.69) is 34.3 Å². The Kier molecular flexibility index (Phi) is 8.04. The number of fused-ring (bicyclic) bond motifs is 1. The summed E-state index contributed by atoms with van der Waals surface area (Å²) in [4.78, 5) is 19.4. The van der Waals surface area contributed by atoms with Crippen molar-refractivity contribution in [3.8, 4) is 11.5 Å². The Morgan fingerprint density at radius 1 is 1.06 bits per heavy atom. The van der Waals surface area contributed by atoms with E-state index < -0.39 is 5.97 Å². The summed E-state index contributed by atoms with van der Waals surface area (Å²) in [5, 5.41) is 13.0. The lowest BCUT2D eigenvalue weighted by Crippen LogP contribution is -2.08. The molecule has 3 aromatic rings. The van der Waals surface area contributed by atoms with Gasteiger partial charge in [-0.05, 0) is 31.4 Å². The number of nitrogens with one attached hydrogen (secondary N) is 1. The maximum absolute atomic E-state index is 10.6. The van der Waals surface area contributed by atoms with Crippen molar-refractivity contribution in [3.05, 3.63) is 54.4 Å². The Morgan fingerprint density at radius 3 is 2.58 bits per heavy atom. The van der Waals surface area contributed by atoms with Crippen LogP contribution in [0.15, 0.2) is 48.8 Å². The van der Waals surface area contributed by atoms with E-state index in [4.69, 9.17) is 14.6 Å². The summed E-state index contributed by atoms with van der Waals surface area (Å²) in [6.45, 7) is 2.63. The molecule has 0 spiro atoms. The number of hydrogen-bond acceptors (Lipinski definition) is 6. The number of rotatable bonds is 12. The van der Waals surface area contributed by atoms with E-state index in [0.717, 1.165) is 36.0 Å². The molecule has 0 fully saturated rings. The number of carboxylic acids is 1. The zero-order valence-corrected chi connectivity index (χ0v) is 18.0. The predicted octanol–water partition coefficient (Wildman–Crippen LogP) is 5.23. The predicted molar refractivity (Wildman–Crippen MR) is 121 cm³/mol. The van der Waals surface area contributed by atoms with Crippen LogP contribution in [0.4, 0.5) is 5.82 Å². The molecule has 0 aliphatic heterocycles. The van der Waals surface area contributed by atoms with Gasteiger partial charge in [0, 0.05) is 23.9 Å². The van der Waals surface area contributed by atoms with Crippen LogP contribution in [0.25, 0.3) is 10.9 Å². The molecule has 0 saturated heterocycles. The molecule has 1 unspecified atom stereocenters. The topological polar surface area (TPSA) is 93.6 Å². The molecule has 3 rings (SSSR count). The third kappa shape index (κ3) is 6.31. The van der Waals surface area contributed by atoms with Gasteiger partial charge in [-0.3, -0.25) is 4.79 Å². The Bertz CT molecular complexity index is 995. The Balaban J connectivity index is 1.70. The smallest absolute Gasteiger partial charge is 0.303 e. The van der Waals surface area contributed by atoms with Crippen molar-refractivity contribution in [1.82, 2.24) is 9.97 Å². The van der Waals surface area contributed by atoms with Gasteiger partial charge in [0.2, 0.25) is 0 Å². The van der Waals surface area contributed by atoms with Crippen LogP contribution in [0.3, 0.4) is 0 Å². The first-order valence-electron chi connectivity index (χ1n) is 10.6. The Hall–Kier alpha value is -3.35. The minimum Gasteiger partial charge on any atom is -0.493 e. The molecule has 2 aromatic carbocycles. The lowest BCUT2D eigenvalue weighted by Gasteiger charge is -2.17. The van der Waals surface area contributed by atoms with E-state index in [-0.39, 0.29) is 12.5 Å². The summed E-state index contributed by atoms with van der Waals surface area (Å²) >= 11 is 0. The maximum Gasteiger partial charge on any atom is 0.303 e. The number of aromatic nitrogens is 2. The van der Waals surface area contributed by atoms with Crippen LogP contribution < -0.4 is 14.8 Å². The minimum absolute atomic E-state index is 0.0802. The second-order valence-corrected chi connectivity index (χ2v) is 7.43. The molecule has 7 nitrogen and oxygen atoms in total. The molecule has 0 saturated carbocycles. The number of nitrogens with zero attached hydrogens (tertiary/aromatic N) is 2. The lowest BCUT2D eigenvalue weighted by molar-refractivity contribution is -0.137. The molecule has 31 heavy (non-hydrogen) atoms. The molecule has 0 aliphatic carbocycles. The fourth-order valence-electron chi connectivity index (χ4n) is 3.40. The van der Waals surface area contributed by atoms with E-state index in [0.29, 0.717) is 24.5 Å². The average molecular weight is 424 g/mol. The van der Waals surface area contributed by atoms with Gasteiger partial charge in [-0.25, -0.2) is 9.97 Å². The van der Waals surface area contributed by atoms with Crippen LogP contribution in [-0.2, 0) is 4.79 Å². The molecule has 1 aromatic heterocycles. The number of benzene rings is 2. The summed E-state index contributed by atoms with van der Waals surface area (Å²) in [6, 6.07) is 14.0. The number of aliphatic carboxylic acids is 1. The lowest BCUT2D eigenvalue weighted by atomic mass is 10.1. The molecular weight excluding hydrogens is 394 g/mol. The van der Waals surface area contributed by atoms with Crippen molar-refractivity contribution >= 4 is 22.7 Å². The van der Waals surface area contributed by atoms with Gasteiger partial charge in [0.25, 0.3) is 0 Å². The zero-order chi connectivity index (χ0) is 22.1. The first-order chi connectivity index (χ1) is 15.1. The Labute approximate surface area is 182 Å². The number of methoxy groups -OCH3 is 1. The number of carboxylic acid groups (broad SMARTS) is 1. The number of hydrogen-bond donors (Lipinski definition) is 2. The molecule has 2 N–H and O–H groups in total. The van der Waals surface area contributed by atoms with Crippen LogP contribution in [0, 0.1) is 0 Å². The monoisotopic (exact) mass is 423 g/mol. The Morgan fingerprint density at radius 2 is 1.84 bits per heavy atom. The summed E-state index contributed by atoms with van der Waals surface area (Å²) in [5.74, 6) is 1.26. The first kappa shape index (κ1) is 22.3. The van der Waals surface area contributed by atoms with Gasteiger partial charge in [0.05, 0.1) is 19.2 Å². The van der Waals surface area contributed by atoms with Crippen molar-refractivity contribution in [2.45, 2.75) is 45.1 Å². The van der Waals surface area contributed by atoms with Crippen LogP contribution in [0.5, 0.6) is 11.5 Å². The second-order valence-electron chi connectivity index (χ2n) is 7.43. The van der Waals surface area contributed by atoms with Gasteiger partial charge >= 0.3 is 5.97 Å². The van der Waals surface area contributed by atoms with Gasteiger partial charge in [-0.1, -0.05) is 43.2 Å². The van der Waals surface area contributed by atoms with Gasteiger partial charge in [0.1, 0.15) is 12.1 Å². The molecule has 0 aliphatic rings. The molecule has 1 heterocycles. The molecule has 164 valence electrons. The van der Waals surface area contributed by atoms with E-state index in [9.17, 15) is 4.79 Å². The van der Waals surface area contributed by atoms with E-state index in [1.54, 1.807) is 13.4 Å². The fraction of sp³-hybridized carbons (Fsp3) is 0.375. The molecule has 0 radical (unpaired) electrons. The summed E-state index contributed by atoms with van der Waals surface area (Å²) < 4.78 is 11.5. The molecule has 0 bridgehead atoms. The molecule has 7 heteroatoms. The minimum atomic E-state index is -0.745. The van der Waals surface area contributed by atoms with Gasteiger partial charge in [0.15, 0.2) is 11.5 Å². The van der Waals surface area contributed by atoms with E-state index >= 15 is 0 Å². The normalized spacial score (nSPS) is 11.8. The van der Waals surface area contributed by atoms with Crippen LogP contribution in [0.2, 0.25) is 0 Å². The average Bonchev–Trinajstić information content (AvgIpc) is 2.78. The van der Waals surface area contributed by atoms with E-state index in [1.807, 2.05) is 30.3 Å². The van der Waals surface area contributed by atoms with Gasteiger partial charge in [-0.2, -0.15) is 0 Å². The SMILES string of the molecule is COc1cc2ncnc(NC(C)c3ccccc3)c2cc1OCCCCCCC(=O)O. The highest BCUT2D eigenvalue weighted by atomic mass is 16.5. The summed E-state index contributed by atoms with van der Waals surface area (Å²) in [7, 11) is 1.61. The summed E-state index contributed by atoms with van der Waals surface area (Å²) in [5.41, 5.74) is 1.94. The number of ether oxygens (including phenoxy) is 2. The maximum atomic E-state index is 10.6. The van der Waals surface area contributed by atoms with Crippen molar-refractivity contribution in [1.29, 1.82) is 0 Å². The van der Waals surface area contributed by atoms with Gasteiger partial charge < -0.3 is 19.9 Å². The quantitative estimate of drug-likeness (QED) is 0.385. The molecule has 1 atom stereocenters. The largest absolute Gasteiger partial charge is 0.493 e. The fourth-order valence-corrected chi connectivity index (χ4v) is 3.40. The van der Waals surface area contributed by atoms with Crippen molar-refractivity contribution in [3.63, 3.8) is 0 Å². The highest BCUT2D eigenvalue weighted by molar-refractivity contribution is 5.91. The molecular formula is C24H29N3O4. The number of unbranched alkanes of at least 4 members (excludes halogenated alkanes) is 3. The van der Waals surface area contributed by atoms with Gasteiger partial charge in [-0.15, -0.1) is 0 Å². The highest BCUT2D eigenvalue weighted by Crippen LogP contribution is 2.35. The molecule has 0 amide bonds. The van der Waals surface area contributed by atoms with Crippen LogP contribution in [-0.4, -0.2) is 34.8 Å². The standard InChI is InChI=1S/C24H29N3O4/c1-17(18-10-6-5-7-11-18)27-24-19-14-22(21(30-2)15-20(19)25-16-26-24)31-13-9-4-3-8-12-23(28)29/h5-7,10-11,14-17H,3-4,8-9,12-13H2,1-2H3,(H,28,29)(H,25,26,27). The second kappa shape index (κ2) is 11.2. The third-order valence-electron chi connectivity index (χ3n) is 5.12. The van der Waals surface area contributed by atoms with E-state index in [1.165, 1.54) is 5.56 Å². The number of anilines is 1. The number of carbonyl (C=O) groups is 1. The van der Waals surface area contributed by atoms with Crippen molar-refractivity contribution < 1.29 is 19.4 Å². The van der Waals surface area contributed by atoms with Crippen molar-refractivity contribution in [2.75, 3.05) is 19.0 Å².